The van der Waals surface area contributed by atoms with Gasteiger partial charge < -0.3 is 14.4 Å². The Balaban J connectivity index is 1.28. The van der Waals surface area contributed by atoms with Crippen LogP contribution in [-0.4, -0.2) is 78.4 Å². The maximum atomic E-state index is 14.6. The van der Waals surface area contributed by atoms with Crippen molar-refractivity contribution >= 4 is 39.7 Å². The maximum absolute atomic E-state index is 14.6. The van der Waals surface area contributed by atoms with Crippen molar-refractivity contribution in [2.45, 2.75) is 143 Å². The highest BCUT2D eigenvalue weighted by Crippen LogP contribution is 2.58. The Bertz CT molecular complexity index is 1750. The average Bonchev–Trinajstić information content (AvgIpc) is 3.97. The number of nitrogens with one attached hydrogen (secondary N) is 1. The van der Waals surface area contributed by atoms with Gasteiger partial charge >= 0.3 is 12.1 Å². The Hall–Kier alpha value is -3.48. The number of aryl methyl sites for hydroxylation is 1. The first kappa shape index (κ1) is 39.2. The van der Waals surface area contributed by atoms with Gasteiger partial charge in [0.2, 0.25) is 21.8 Å². The summed E-state index contributed by atoms with van der Waals surface area (Å²) in [5.74, 6) is -3.00. The van der Waals surface area contributed by atoms with E-state index in [1.54, 1.807) is 4.90 Å². The largest absolute Gasteiger partial charge is 0.465 e. The summed E-state index contributed by atoms with van der Waals surface area (Å²) >= 11 is 0. The van der Waals surface area contributed by atoms with Gasteiger partial charge in [0.05, 0.1) is 42.2 Å². The van der Waals surface area contributed by atoms with Crippen LogP contribution in [0.1, 0.15) is 122 Å². The smallest absolute Gasteiger partial charge is 0.410 e. The van der Waals surface area contributed by atoms with Crippen LogP contribution in [0.2, 0.25) is 0 Å². The minimum Gasteiger partial charge on any atom is -0.465 e. The van der Waals surface area contributed by atoms with E-state index >= 15 is 0 Å². The van der Waals surface area contributed by atoms with E-state index in [-0.39, 0.29) is 49.5 Å². The molecular formula is C40H57N3O9S. The van der Waals surface area contributed by atoms with E-state index in [0.717, 1.165) is 36.8 Å². The third kappa shape index (κ3) is 8.60. The van der Waals surface area contributed by atoms with Gasteiger partial charge in [-0.3, -0.25) is 28.8 Å². The molecule has 1 saturated heterocycles. The zero-order valence-corrected chi connectivity index (χ0v) is 33.0. The first-order valence-corrected chi connectivity index (χ1v) is 21.0. The normalized spacial score (nSPS) is 29.7. The van der Waals surface area contributed by atoms with Gasteiger partial charge in [-0.1, -0.05) is 72.6 Å². The standard InChI is InChI=1S/C40H57N3O9S/c1-7-27-19-40(27,36(47)41-53(49,50)29-14-15-29)20-33(44)32-17-28-22-43(32)35(46)31(38(2,3)4)18-34(45)51-24-39(5,6)16-9-8-11-25-12-10-13-26-21-42(23-30(25)26)37(48)52-28/h10,12-13,27-29,31-32H,7-9,11,14-24H2,1-6H3,(H,41,47)/t27-,28+,31+,32-,40+/m0/s1. The van der Waals surface area contributed by atoms with Crippen molar-refractivity contribution in [3.05, 3.63) is 34.9 Å². The van der Waals surface area contributed by atoms with Crippen LogP contribution in [0.4, 0.5) is 4.79 Å². The first-order valence-electron chi connectivity index (χ1n) is 19.4. The number of carbonyl (C=O) groups excluding carboxylic acids is 5. The predicted octanol–water partition coefficient (Wildman–Crippen LogP) is 5.44. The summed E-state index contributed by atoms with van der Waals surface area (Å²) in [6.07, 6.45) is 3.82. The molecule has 1 N–H and O–H groups in total. The van der Waals surface area contributed by atoms with Gasteiger partial charge in [-0.2, -0.15) is 0 Å². The molecule has 292 valence electrons. The zero-order chi connectivity index (χ0) is 38.5. The Labute approximate surface area is 314 Å². The Morgan fingerprint density at radius 3 is 2.42 bits per heavy atom. The van der Waals surface area contributed by atoms with Crippen molar-refractivity contribution in [2.75, 3.05) is 13.2 Å². The summed E-state index contributed by atoms with van der Waals surface area (Å²) in [5, 5.41) is -0.592. The van der Waals surface area contributed by atoms with Gasteiger partial charge in [-0.05, 0) is 72.0 Å². The molecule has 0 unspecified atom stereocenters. The van der Waals surface area contributed by atoms with Crippen LogP contribution in [0, 0.1) is 28.1 Å². The molecule has 2 aliphatic carbocycles. The fourth-order valence-electron chi connectivity index (χ4n) is 8.57. The summed E-state index contributed by atoms with van der Waals surface area (Å²) in [6.45, 7) is 12.6. The van der Waals surface area contributed by atoms with Gasteiger partial charge in [-0.15, -0.1) is 0 Å². The van der Waals surface area contributed by atoms with Crippen LogP contribution in [0.5, 0.6) is 0 Å². The molecule has 2 saturated carbocycles. The lowest BCUT2D eigenvalue weighted by Gasteiger charge is -2.35. The number of cyclic esters (lactones) is 1. The number of hydrogen-bond acceptors (Lipinski definition) is 9. The highest BCUT2D eigenvalue weighted by molar-refractivity contribution is 7.90. The van der Waals surface area contributed by atoms with Gasteiger partial charge in [0.15, 0.2) is 5.78 Å². The molecule has 53 heavy (non-hydrogen) atoms. The van der Waals surface area contributed by atoms with E-state index in [1.165, 1.54) is 10.5 Å². The van der Waals surface area contributed by atoms with E-state index in [9.17, 15) is 32.4 Å². The Morgan fingerprint density at radius 1 is 1.04 bits per heavy atom. The van der Waals surface area contributed by atoms with E-state index < -0.39 is 68.0 Å². The van der Waals surface area contributed by atoms with E-state index in [1.807, 2.05) is 39.8 Å². The number of fused-ring (bicyclic) bond motifs is 3. The lowest BCUT2D eigenvalue weighted by Crippen LogP contribution is -2.48. The molecule has 1 aromatic carbocycles. The molecule has 0 spiro atoms. The number of ether oxygens (including phenoxy) is 2. The van der Waals surface area contributed by atoms with E-state index in [4.69, 9.17) is 9.47 Å². The minimum atomic E-state index is -3.83. The summed E-state index contributed by atoms with van der Waals surface area (Å²) in [7, 11) is -3.83. The van der Waals surface area contributed by atoms with Crippen molar-refractivity contribution in [1.82, 2.24) is 14.5 Å². The quantitative estimate of drug-likeness (QED) is 0.358. The highest BCUT2D eigenvalue weighted by atomic mass is 32.2. The van der Waals surface area contributed by atoms with Crippen molar-refractivity contribution in [1.29, 1.82) is 0 Å². The lowest BCUT2D eigenvalue weighted by molar-refractivity contribution is -0.155. The molecule has 6 rings (SSSR count). The minimum absolute atomic E-state index is 0.0344. The van der Waals surface area contributed by atoms with Gasteiger partial charge in [-0.25, -0.2) is 13.2 Å². The second kappa shape index (κ2) is 14.6. The number of esters is 1. The monoisotopic (exact) mass is 755 g/mol. The molecule has 0 aromatic heterocycles. The summed E-state index contributed by atoms with van der Waals surface area (Å²) in [6, 6.07) is 5.12. The summed E-state index contributed by atoms with van der Waals surface area (Å²) in [4.78, 5) is 72.7. The number of sulfonamides is 1. The van der Waals surface area contributed by atoms with Gasteiger partial charge in [0, 0.05) is 25.9 Å². The predicted molar refractivity (Wildman–Crippen MR) is 196 cm³/mol. The van der Waals surface area contributed by atoms with E-state index in [0.29, 0.717) is 38.8 Å². The third-order valence-electron chi connectivity index (χ3n) is 12.3. The topological polar surface area (TPSA) is 156 Å². The molecule has 5 aliphatic rings. The lowest BCUT2D eigenvalue weighted by atomic mass is 9.77. The van der Waals surface area contributed by atoms with Crippen molar-refractivity contribution in [2.24, 2.45) is 28.1 Å². The van der Waals surface area contributed by atoms with Crippen LogP contribution >= 0.6 is 0 Å². The summed E-state index contributed by atoms with van der Waals surface area (Å²) < 4.78 is 39.6. The molecule has 3 amide bonds. The van der Waals surface area contributed by atoms with Gasteiger partial charge in [0.1, 0.15) is 6.10 Å². The van der Waals surface area contributed by atoms with Crippen LogP contribution in [0.25, 0.3) is 0 Å². The molecule has 5 atom stereocenters. The third-order valence-corrected chi connectivity index (χ3v) is 14.1. The molecule has 3 aliphatic heterocycles. The number of hydrogen-bond donors (Lipinski definition) is 1. The van der Waals surface area contributed by atoms with Gasteiger partial charge in [0.25, 0.3) is 0 Å². The molecular weight excluding hydrogens is 699 g/mol. The SMILES string of the molecule is CC[C@H]1C[C@]1(CC(=O)[C@@H]1C[C@@H]2CN1C(=O)[C@H](C(C)(C)C)CC(=O)OCC(C)(C)CCCCc1cccc3c1CN(C3)C(=O)O2)C(=O)NS(=O)(=O)C1CC1. The average molecular weight is 756 g/mol. The van der Waals surface area contributed by atoms with E-state index in [2.05, 4.69) is 24.6 Å². The molecule has 0 radical (unpaired) electrons. The first-order chi connectivity index (χ1) is 24.8. The number of Topliss-reactive ketones (excluding diaryl/α,β-unsaturated/α-hetero) is 1. The molecule has 13 heteroatoms. The Kier molecular flexibility index (Phi) is 10.8. The fraction of sp³-hybridized carbons (Fsp3) is 0.725. The number of carbonyl (C=O) groups is 5. The van der Waals surface area contributed by atoms with Crippen molar-refractivity contribution in [3.63, 3.8) is 0 Å². The molecule has 12 nitrogen and oxygen atoms in total. The Morgan fingerprint density at radius 2 is 1.75 bits per heavy atom. The van der Waals surface area contributed by atoms with Crippen LogP contribution in [-0.2, 0) is 58.2 Å². The number of benzene rings is 1. The number of nitrogens with zero attached hydrogens (tertiary/aromatic N) is 2. The van der Waals surface area contributed by atoms with Crippen molar-refractivity contribution < 1.29 is 41.9 Å². The maximum Gasteiger partial charge on any atom is 0.410 e. The summed E-state index contributed by atoms with van der Waals surface area (Å²) in [5.41, 5.74) is 1.24. The van der Waals surface area contributed by atoms with Crippen LogP contribution in [0.15, 0.2) is 18.2 Å². The van der Waals surface area contributed by atoms with Crippen LogP contribution in [0.3, 0.4) is 0 Å². The number of amides is 3. The zero-order valence-electron chi connectivity index (χ0n) is 32.2. The second-order valence-corrected chi connectivity index (χ2v) is 20.1. The number of rotatable bonds is 7. The fourth-order valence-corrected chi connectivity index (χ4v) is 9.96. The second-order valence-electron chi connectivity index (χ2n) is 18.1. The molecule has 3 heterocycles. The van der Waals surface area contributed by atoms with Crippen LogP contribution < -0.4 is 4.72 Å². The highest BCUT2D eigenvalue weighted by Gasteiger charge is 2.62. The molecule has 4 bridgehead atoms. The molecule has 3 fully saturated rings. The molecule has 1 aromatic rings. The number of ketones is 1. The van der Waals surface area contributed by atoms with Crippen molar-refractivity contribution in [3.8, 4) is 0 Å².